The normalized spacial score (nSPS) is 18.4. The number of carbonyl (C=O) groups is 1. The van der Waals surface area contributed by atoms with Crippen molar-refractivity contribution in [2.45, 2.75) is 6.04 Å². The Morgan fingerprint density at radius 3 is 2.68 bits per heavy atom. The quantitative estimate of drug-likeness (QED) is 0.847. The van der Waals surface area contributed by atoms with E-state index in [-0.39, 0.29) is 22.5 Å². The molecule has 1 fully saturated rings. The number of rotatable bonds is 2. The summed E-state index contributed by atoms with van der Waals surface area (Å²) in [7, 11) is -3.10. The monoisotopic (exact) mass is 285 g/mol. The predicted octanol–water partition coefficient (Wildman–Crippen LogP) is 0.238. The number of hydrogen-bond acceptors (Lipinski definition) is 5. The van der Waals surface area contributed by atoms with Gasteiger partial charge in [0, 0.05) is 0 Å². The number of fused-ring (bicyclic) bond motifs is 1. The molecule has 1 N–H and O–H groups in total. The molecule has 0 saturated carbocycles. The van der Waals surface area contributed by atoms with E-state index in [0.29, 0.717) is 0 Å². The number of carboxylic acid groups (broad SMARTS) is 1. The van der Waals surface area contributed by atoms with Crippen molar-refractivity contribution in [3.8, 4) is 0 Å². The third-order valence-electron chi connectivity index (χ3n) is 3.04. The molecular weight excluding hydrogens is 277 g/mol. The van der Waals surface area contributed by atoms with Crippen molar-refractivity contribution < 1.29 is 22.7 Å². The Labute approximate surface area is 106 Å². The van der Waals surface area contributed by atoms with E-state index in [2.05, 4.69) is 10.3 Å². The van der Waals surface area contributed by atoms with Crippen LogP contribution in [-0.2, 0) is 9.84 Å². The van der Waals surface area contributed by atoms with Crippen LogP contribution in [-0.4, -0.2) is 46.0 Å². The van der Waals surface area contributed by atoms with Crippen LogP contribution in [0.25, 0.3) is 11.0 Å². The molecule has 7 nitrogen and oxygen atoms in total. The summed E-state index contributed by atoms with van der Waals surface area (Å²) in [4.78, 5) is 11.1. The molecule has 9 heteroatoms. The molecule has 100 valence electrons. The largest absolute Gasteiger partial charge is 0.478 e. The summed E-state index contributed by atoms with van der Waals surface area (Å²) in [5.74, 6) is -2.61. The molecule has 2 aromatic rings. The minimum absolute atomic E-state index is 0.0207. The molecule has 1 aromatic carbocycles. The lowest BCUT2D eigenvalue weighted by Crippen LogP contribution is -2.38. The Hall–Kier alpha value is -2.03. The van der Waals surface area contributed by atoms with E-state index in [1.807, 2.05) is 0 Å². The second kappa shape index (κ2) is 3.73. The Balaban J connectivity index is 2.22. The predicted molar refractivity (Wildman–Crippen MR) is 62.1 cm³/mol. The third kappa shape index (κ3) is 1.77. The molecule has 1 saturated heterocycles. The van der Waals surface area contributed by atoms with Gasteiger partial charge >= 0.3 is 5.97 Å². The van der Waals surface area contributed by atoms with Gasteiger partial charge in [0.1, 0.15) is 22.4 Å². The van der Waals surface area contributed by atoms with Crippen LogP contribution < -0.4 is 0 Å². The van der Waals surface area contributed by atoms with Crippen LogP contribution >= 0.6 is 0 Å². The lowest BCUT2D eigenvalue weighted by atomic mass is 10.1. The summed E-state index contributed by atoms with van der Waals surface area (Å²) in [5, 5.41) is 16.5. The highest BCUT2D eigenvalue weighted by Gasteiger charge is 2.37. The number of aromatic nitrogens is 3. The van der Waals surface area contributed by atoms with Crippen LogP contribution in [0.15, 0.2) is 12.1 Å². The Bertz CT molecular complexity index is 786. The lowest BCUT2D eigenvalue weighted by molar-refractivity contribution is 0.0693. The molecule has 1 aliphatic heterocycles. The molecule has 0 unspecified atom stereocenters. The summed E-state index contributed by atoms with van der Waals surface area (Å²) in [6.45, 7) is 0. The van der Waals surface area contributed by atoms with Crippen molar-refractivity contribution in [1.82, 2.24) is 15.0 Å². The van der Waals surface area contributed by atoms with Crippen LogP contribution in [0.1, 0.15) is 16.4 Å². The van der Waals surface area contributed by atoms with Gasteiger partial charge in [0.05, 0.1) is 17.5 Å². The highest BCUT2D eigenvalue weighted by atomic mass is 32.2. The fourth-order valence-electron chi connectivity index (χ4n) is 2.15. The van der Waals surface area contributed by atoms with E-state index < -0.39 is 33.2 Å². The number of nitrogens with zero attached hydrogens (tertiary/aromatic N) is 3. The molecule has 0 bridgehead atoms. The highest BCUT2D eigenvalue weighted by molar-refractivity contribution is 7.92. The number of carboxylic acids is 1. The summed E-state index contributed by atoms with van der Waals surface area (Å²) in [6.07, 6.45) is 0. The van der Waals surface area contributed by atoms with E-state index in [1.165, 1.54) is 10.7 Å². The molecule has 2 heterocycles. The SMILES string of the molecule is O=C(O)c1c(F)ccc2nnn(C3CS(=O)(=O)C3)c12. The van der Waals surface area contributed by atoms with E-state index in [1.54, 1.807) is 0 Å². The Morgan fingerprint density at radius 1 is 1.42 bits per heavy atom. The fraction of sp³-hybridized carbons (Fsp3) is 0.300. The van der Waals surface area contributed by atoms with Crippen LogP contribution in [0.4, 0.5) is 4.39 Å². The number of aromatic carboxylic acids is 1. The Morgan fingerprint density at radius 2 is 2.11 bits per heavy atom. The van der Waals surface area contributed by atoms with Gasteiger partial charge in [0.25, 0.3) is 0 Å². The van der Waals surface area contributed by atoms with E-state index in [0.717, 1.165) is 6.07 Å². The lowest BCUT2D eigenvalue weighted by Gasteiger charge is -2.26. The molecule has 0 radical (unpaired) electrons. The molecule has 0 aliphatic carbocycles. The second-order valence-electron chi connectivity index (χ2n) is 4.36. The average molecular weight is 285 g/mol. The first-order chi connectivity index (χ1) is 8.89. The minimum Gasteiger partial charge on any atom is -0.478 e. The number of benzene rings is 1. The summed E-state index contributed by atoms with van der Waals surface area (Å²) >= 11 is 0. The van der Waals surface area contributed by atoms with Crippen molar-refractivity contribution >= 4 is 26.8 Å². The zero-order valence-corrected chi connectivity index (χ0v) is 10.3. The van der Waals surface area contributed by atoms with Crippen molar-refractivity contribution in [2.24, 2.45) is 0 Å². The number of sulfone groups is 1. The van der Waals surface area contributed by atoms with Gasteiger partial charge in [-0.3, -0.25) is 0 Å². The van der Waals surface area contributed by atoms with Crippen molar-refractivity contribution in [2.75, 3.05) is 11.5 Å². The van der Waals surface area contributed by atoms with Gasteiger partial charge in [-0.05, 0) is 12.1 Å². The summed E-state index contributed by atoms with van der Waals surface area (Å²) in [5.41, 5.74) is -0.290. The van der Waals surface area contributed by atoms with E-state index in [9.17, 15) is 17.6 Å². The van der Waals surface area contributed by atoms with Crippen molar-refractivity contribution in [1.29, 1.82) is 0 Å². The zero-order chi connectivity index (χ0) is 13.8. The zero-order valence-electron chi connectivity index (χ0n) is 9.45. The minimum atomic E-state index is -3.10. The van der Waals surface area contributed by atoms with Gasteiger partial charge in [0.2, 0.25) is 0 Å². The maximum atomic E-state index is 13.6. The highest BCUT2D eigenvalue weighted by Crippen LogP contribution is 2.28. The van der Waals surface area contributed by atoms with E-state index >= 15 is 0 Å². The molecule has 1 aromatic heterocycles. The first-order valence-corrected chi connectivity index (χ1v) is 7.18. The van der Waals surface area contributed by atoms with Crippen molar-refractivity contribution in [3.63, 3.8) is 0 Å². The average Bonchev–Trinajstić information content (AvgIpc) is 2.68. The van der Waals surface area contributed by atoms with Crippen LogP contribution in [0.5, 0.6) is 0 Å². The summed E-state index contributed by atoms with van der Waals surface area (Å²) < 4.78 is 37.1. The van der Waals surface area contributed by atoms with E-state index in [4.69, 9.17) is 5.11 Å². The van der Waals surface area contributed by atoms with Gasteiger partial charge in [-0.15, -0.1) is 5.10 Å². The van der Waals surface area contributed by atoms with Gasteiger partial charge < -0.3 is 5.11 Å². The maximum absolute atomic E-state index is 13.6. The third-order valence-corrected chi connectivity index (χ3v) is 4.82. The topological polar surface area (TPSA) is 102 Å². The maximum Gasteiger partial charge on any atom is 0.340 e. The van der Waals surface area contributed by atoms with Gasteiger partial charge in [0.15, 0.2) is 9.84 Å². The smallest absolute Gasteiger partial charge is 0.340 e. The molecule has 19 heavy (non-hydrogen) atoms. The standard InChI is InChI=1S/C10H8FN3O4S/c11-6-1-2-7-9(8(6)10(15)16)14(13-12-7)5-3-19(17,18)4-5/h1-2,5H,3-4H2,(H,15,16). The van der Waals surface area contributed by atoms with Crippen LogP contribution in [0.3, 0.4) is 0 Å². The van der Waals surface area contributed by atoms with Gasteiger partial charge in [-0.1, -0.05) is 5.21 Å². The molecule has 3 rings (SSSR count). The molecule has 0 amide bonds. The summed E-state index contributed by atoms with van der Waals surface area (Å²) in [6, 6.07) is 1.82. The fourth-order valence-corrected chi connectivity index (χ4v) is 3.50. The number of hydrogen-bond donors (Lipinski definition) is 1. The molecular formula is C10H8FN3O4S. The van der Waals surface area contributed by atoms with Gasteiger partial charge in [-0.2, -0.15) is 0 Å². The number of halogens is 1. The van der Waals surface area contributed by atoms with Crippen LogP contribution in [0.2, 0.25) is 0 Å². The first kappa shape index (κ1) is 12.0. The van der Waals surface area contributed by atoms with Gasteiger partial charge in [-0.25, -0.2) is 22.3 Å². The second-order valence-corrected chi connectivity index (χ2v) is 6.51. The molecule has 1 aliphatic rings. The van der Waals surface area contributed by atoms with Crippen molar-refractivity contribution in [3.05, 3.63) is 23.5 Å². The molecule has 0 spiro atoms. The Kier molecular flexibility index (Phi) is 2.36. The first-order valence-electron chi connectivity index (χ1n) is 5.36. The van der Waals surface area contributed by atoms with Crippen LogP contribution in [0, 0.1) is 5.82 Å². The molecule has 0 atom stereocenters.